The van der Waals surface area contributed by atoms with Gasteiger partial charge in [0.1, 0.15) is 6.04 Å². The molecule has 0 spiro atoms. The van der Waals surface area contributed by atoms with Crippen LogP contribution in [0, 0.1) is 19.8 Å². The molecule has 3 aromatic rings. The van der Waals surface area contributed by atoms with E-state index in [4.69, 9.17) is 33.0 Å². The van der Waals surface area contributed by atoms with Crippen molar-refractivity contribution in [3.63, 3.8) is 0 Å². The highest BCUT2D eigenvalue weighted by molar-refractivity contribution is 7.89. The van der Waals surface area contributed by atoms with Crippen LogP contribution in [0.2, 0.25) is 10.0 Å². The van der Waals surface area contributed by atoms with Gasteiger partial charge < -0.3 is 9.84 Å². The average molecular weight is 697 g/mol. The first-order valence-corrected chi connectivity index (χ1v) is 17.7. The fourth-order valence-corrected chi connectivity index (χ4v) is 8.49. The molecule has 1 amide bonds. The third kappa shape index (κ3) is 6.89. The lowest BCUT2D eigenvalue weighted by atomic mass is 9.77. The maximum Gasteiger partial charge on any atom is 0.325 e. The number of allylic oxidation sites excluding steroid dienone is 1. The molecule has 246 valence electrons. The number of rotatable bonds is 7. The number of aryl methyl sites for hydroxylation is 2. The number of nitrogens with zero attached hydrogens (tertiary/aromatic N) is 3. The van der Waals surface area contributed by atoms with Gasteiger partial charge in [-0.2, -0.15) is 9.41 Å². The number of halogens is 2. The van der Waals surface area contributed by atoms with Crippen LogP contribution in [0.5, 0.6) is 0 Å². The van der Waals surface area contributed by atoms with Gasteiger partial charge in [-0.05, 0) is 103 Å². The Balaban J connectivity index is 1.24. The summed E-state index contributed by atoms with van der Waals surface area (Å²) in [7, 11) is -4.13. The number of β-amino-alcohol motifs (C(OH)–C–C–N with tert-alkyl or cyclic N) is 1. The van der Waals surface area contributed by atoms with Crippen LogP contribution < -0.4 is 0 Å². The van der Waals surface area contributed by atoms with Gasteiger partial charge in [-0.3, -0.25) is 9.59 Å². The van der Waals surface area contributed by atoms with E-state index < -0.39 is 46.7 Å². The number of aliphatic hydroxyl groups is 1. The first kappa shape index (κ1) is 33.4. The number of fused-ring (bicyclic) bond motifs is 1. The zero-order valence-corrected chi connectivity index (χ0v) is 28.3. The van der Waals surface area contributed by atoms with Crippen LogP contribution in [0.15, 0.2) is 82.3 Å². The van der Waals surface area contributed by atoms with Crippen LogP contribution in [0.3, 0.4) is 0 Å². The summed E-state index contributed by atoms with van der Waals surface area (Å²) in [5.41, 5.74) is 5.33. The number of amides is 1. The van der Waals surface area contributed by atoms with Gasteiger partial charge >= 0.3 is 5.97 Å². The van der Waals surface area contributed by atoms with Crippen molar-refractivity contribution in [2.75, 3.05) is 13.2 Å². The van der Waals surface area contributed by atoms with E-state index in [0.717, 1.165) is 57.1 Å². The smallest absolute Gasteiger partial charge is 0.325 e. The topological polar surface area (TPSA) is 117 Å². The number of hydrogen-bond donors (Lipinski definition) is 1. The summed E-state index contributed by atoms with van der Waals surface area (Å²) in [4.78, 5) is 27.2. The van der Waals surface area contributed by atoms with Gasteiger partial charge in [-0.15, -0.1) is 0 Å². The SMILES string of the molecule is Cc1ccc(S(=O)(=O)N2C[C@H](O)C[C@@H]2C(=O)OCC(=O)N2N=C3/C(=C/c4ccc(Cl)cc4)CCC[C@@H]3[C@@H]2c2ccc(Cl)cc2)cc1C. The fraction of sp³-hybridized carbons (Fsp3) is 0.343. The average Bonchev–Trinajstić information content (AvgIpc) is 3.65. The van der Waals surface area contributed by atoms with Gasteiger partial charge in [0, 0.05) is 28.9 Å². The Morgan fingerprint density at radius 1 is 1.00 bits per heavy atom. The van der Waals surface area contributed by atoms with E-state index in [0.29, 0.717) is 10.0 Å². The molecule has 47 heavy (non-hydrogen) atoms. The lowest BCUT2D eigenvalue weighted by Gasteiger charge is -2.29. The first-order valence-electron chi connectivity index (χ1n) is 15.5. The second-order valence-electron chi connectivity index (χ2n) is 12.3. The molecule has 2 fully saturated rings. The number of carbonyl (C=O) groups excluding carboxylic acids is 2. The highest BCUT2D eigenvalue weighted by Crippen LogP contribution is 2.44. The van der Waals surface area contributed by atoms with Gasteiger partial charge in [0.25, 0.3) is 5.91 Å². The van der Waals surface area contributed by atoms with Crippen molar-refractivity contribution in [1.82, 2.24) is 9.31 Å². The quantitative estimate of drug-likeness (QED) is 0.299. The fourth-order valence-electron chi connectivity index (χ4n) is 6.53. The van der Waals surface area contributed by atoms with Gasteiger partial charge in [0.05, 0.1) is 22.8 Å². The predicted molar refractivity (Wildman–Crippen MR) is 180 cm³/mol. The number of ether oxygens (including phenoxy) is 1. The largest absolute Gasteiger partial charge is 0.454 e. The van der Waals surface area contributed by atoms with E-state index in [1.807, 2.05) is 43.3 Å². The van der Waals surface area contributed by atoms with Gasteiger partial charge in [-0.1, -0.05) is 53.5 Å². The van der Waals surface area contributed by atoms with E-state index in [2.05, 4.69) is 6.08 Å². The lowest BCUT2D eigenvalue weighted by molar-refractivity contribution is -0.155. The van der Waals surface area contributed by atoms with Crippen LogP contribution in [0.4, 0.5) is 0 Å². The zero-order chi connectivity index (χ0) is 33.5. The van der Waals surface area contributed by atoms with Crippen LogP contribution in [-0.4, -0.2) is 65.7 Å². The van der Waals surface area contributed by atoms with Gasteiger partial charge in [0.15, 0.2) is 6.61 Å². The zero-order valence-electron chi connectivity index (χ0n) is 26.0. The number of carbonyl (C=O) groups is 2. The number of sulfonamides is 1. The standard InChI is InChI=1S/C35H35Cl2N3O6S/c1-21-6-15-29(16-22(21)2)47(44,45)39-19-28(41)18-31(39)35(43)46-20-32(42)40-34(24-9-13-27(37)14-10-24)30-5-3-4-25(33(30)38-40)17-23-7-11-26(36)12-8-23/h6-17,28,30-31,34,41H,3-5,18-20H2,1-2H3/b25-17+/t28-,30+,31-,34+/m1/s1. The summed E-state index contributed by atoms with van der Waals surface area (Å²) in [5.74, 6) is -1.54. The molecule has 0 aromatic heterocycles. The molecule has 1 saturated heterocycles. The summed E-state index contributed by atoms with van der Waals surface area (Å²) in [5, 5.41) is 17.8. The number of hydrazone groups is 1. The summed E-state index contributed by atoms with van der Waals surface area (Å²) in [6, 6.07) is 17.8. The second kappa shape index (κ2) is 13.5. The Morgan fingerprint density at radius 3 is 2.36 bits per heavy atom. The summed E-state index contributed by atoms with van der Waals surface area (Å²) >= 11 is 12.3. The van der Waals surface area contributed by atoms with E-state index in [-0.39, 0.29) is 23.8 Å². The minimum absolute atomic E-state index is 0.0207. The van der Waals surface area contributed by atoms with E-state index in [1.165, 1.54) is 11.1 Å². The summed E-state index contributed by atoms with van der Waals surface area (Å²) in [6.07, 6.45) is 3.36. The third-order valence-corrected chi connectivity index (χ3v) is 11.5. The molecule has 3 aliphatic rings. The molecule has 1 saturated carbocycles. The van der Waals surface area contributed by atoms with Crippen molar-refractivity contribution in [3.8, 4) is 0 Å². The molecule has 9 nitrogen and oxygen atoms in total. The van der Waals surface area contributed by atoms with E-state index in [9.17, 15) is 23.1 Å². The number of hydrogen-bond acceptors (Lipinski definition) is 7. The van der Waals surface area contributed by atoms with Crippen LogP contribution in [0.1, 0.15) is 54.0 Å². The lowest BCUT2D eigenvalue weighted by Crippen LogP contribution is -2.42. The number of benzene rings is 3. The predicted octanol–water partition coefficient (Wildman–Crippen LogP) is 6.10. The molecule has 4 atom stereocenters. The van der Waals surface area contributed by atoms with E-state index >= 15 is 0 Å². The summed E-state index contributed by atoms with van der Waals surface area (Å²) < 4.78 is 33.5. The van der Waals surface area contributed by atoms with Gasteiger partial charge in [-0.25, -0.2) is 13.4 Å². The molecule has 0 unspecified atom stereocenters. The number of aliphatic hydroxyl groups excluding tert-OH is 1. The first-order chi connectivity index (χ1) is 22.4. The van der Waals surface area contributed by atoms with Crippen molar-refractivity contribution in [2.45, 2.75) is 62.6 Å². The molecule has 1 N–H and O–H groups in total. The van der Waals surface area contributed by atoms with Crippen molar-refractivity contribution in [2.24, 2.45) is 11.0 Å². The highest BCUT2D eigenvalue weighted by atomic mass is 35.5. The summed E-state index contributed by atoms with van der Waals surface area (Å²) in [6.45, 7) is 2.77. The van der Waals surface area contributed by atoms with Gasteiger partial charge in [0.2, 0.25) is 10.0 Å². The van der Waals surface area contributed by atoms with Crippen molar-refractivity contribution in [3.05, 3.63) is 105 Å². The Labute approximate surface area is 284 Å². The van der Waals surface area contributed by atoms with Crippen LogP contribution in [-0.2, 0) is 24.3 Å². The Morgan fingerprint density at radius 2 is 1.68 bits per heavy atom. The van der Waals surface area contributed by atoms with Crippen molar-refractivity contribution < 1.29 is 27.9 Å². The molecular weight excluding hydrogens is 661 g/mol. The maximum atomic E-state index is 13.8. The molecule has 3 aromatic carbocycles. The molecule has 2 aliphatic heterocycles. The van der Waals surface area contributed by atoms with Crippen LogP contribution >= 0.6 is 23.2 Å². The maximum absolute atomic E-state index is 13.8. The van der Waals surface area contributed by atoms with Crippen molar-refractivity contribution in [1.29, 1.82) is 0 Å². The molecule has 0 radical (unpaired) electrons. The Kier molecular flexibility index (Phi) is 9.60. The second-order valence-corrected chi connectivity index (χ2v) is 15.0. The third-order valence-electron chi connectivity index (χ3n) is 9.11. The monoisotopic (exact) mass is 695 g/mol. The van der Waals surface area contributed by atoms with E-state index in [1.54, 1.807) is 31.2 Å². The number of esters is 1. The minimum atomic E-state index is -4.13. The Bertz CT molecular complexity index is 1860. The molecule has 6 rings (SSSR count). The normalized spacial score (nSPS) is 23.9. The molecule has 1 aliphatic carbocycles. The highest BCUT2D eigenvalue weighted by Gasteiger charge is 2.46. The molecule has 2 heterocycles. The van der Waals surface area contributed by atoms with Crippen molar-refractivity contribution >= 4 is 56.9 Å². The van der Waals surface area contributed by atoms with Crippen LogP contribution in [0.25, 0.3) is 6.08 Å². The Hall–Kier alpha value is -3.54. The molecule has 0 bridgehead atoms. The minimum Gasteiger partial charge on any atom is -0.454 e. The molecular formula is C35H35Cl2N3O6S. The molecule has 12 heteroatoms.